The predicted octanol–water partition coefficient (Wildman–Crippen LogP) is 3.24. The Kier molecular flexibility index (Phi) is 4.36. The molecule has 3 nitrogen and oxygen atoms in total. The van der Waals surface area contributed by atoms with Crippen LogP contribution < -0.4 is 0 Å². The first-order valence-corrected chi connectivity index (χ1v) is 8.20. The maximum absolute atomic E-state index is 12.7. The van der Waals surface area contributed by atoms with Gasteiger partial charge >= 0.3 is 0 Å². The molecule has 0 saturated carbocycles. The highest BCUT2D eigenvalue weighted by molar-refractivity contribution is 7.20. The zero-order chi connectivity index (χ0) is 14.7. The van der Waals surface area contributed by atoms with E-state index < -0.39 is 0 Å². The van der Waals surface area contributed by atoms with E-state index in [1.807, 2.05) is 29.2 Å². The van der Waals surface area contributed by atoms with Gasteiger partial charge in [-0.1, -0.05) is 24.3 Å². The summed E-state index contributed by atoms with van der Waals surface area (Å²) < 4.78 is 1.18. The van der Waals surface area contributed by atoms with Crippen molar-refractivity contribution in [3.05, 3.63) is 47.9 Å². The summed E-state index contributed by atoms with van der Waals surface area (Å²) in [6, 6.07) is 10.2. The molecule has 110 valence electrons. The molecule has 1 amide bonds. The summed E-state index contributed by atoms with van der Waals surface area (Å²) in [4.78, 5) is 17.9. The first-order chi connectivity index (χ1) is 10.3. The van der Waals surface area contributed by atoms with Crippen molar-refractivity contribution in [1.82, 2.24) is 9.80 Å². The third-order valence-corrected chi connectivity index (χ3v) is 5.00. The van der Waals surface area contributed by atoms with Crippen molar-refractivity contribution in [1.29, 1.82) is 0 Å². The second-order valence-corrected chi connectivity index (χ2v) is 6.47. The van der Waals surface area contributed by atoms with E-state index in [4.69, 9.17) is 0 Å². The van der Waals surface area contributed by atoms with Gasteiger partial charge in [0.05, 0.1) is 4.88 Å². The van der Waals surface area contributed by atoms with E-state index in [9.17, 15) is 4.79 Å². The fourth-order valence-corrected chi connectivity index (χ4v) is 3.81. The number of benzene rings is 1. The summed E-state index contributed by atoms with van der Waals surface area (Å²) in [7, 11) is 0. The van der Waals surface area contributed by atoms with Gasteiger partial charge in [0.25, 0.3) is 5.91 Å². The summed E-state index contributed by atoms with van der Waals surface area (Å²) in [5, 5.41) is 1.16. The minimum Gasteiger partial charge on any atom is -0.337 e. The fourth-order valence-electron chi connectivity index (χ4n) is 2.78. The molecule has 1 aromatic carbocycles. The molecule has 1 aromatic heterocycles. The van der Waals surface area contributed by atoms with Crippen molar-refractivity contribution in [2.75, 3.05) is 32.7 Å². The van der Waals surface area contributed by atoms with Crippen molar-refractivity contribution in [3.8, 4) is 0 Å². The topological polar surface area (TPSA) is 23.6 Å². The third kappa shape index (κ3) is 3.17. The predicted molar refractivity (Wildman–Crippen MR) is 89.0 cm³/mol. The highest BCUT2D eigenvalue weighted by Gasteiger charge is 2.21. The van der Waals surface area contributed by atoms with E-state index in [0.29, 0.717) is 0 Å². The molecule has 0 unspecified atom stereocenters. The minimum absolute atomic E-state index is 0.177. The molecule has 0 atom stereocenters. The number of hydrogen-bond acceptors (Lipinski definition) is 3. The average Bonchev–Trinajstić information content (AvgIpc) is 2.80. The molecular weight excluding hydrogens is 280 g/mol. The average molecular weight is 300 g/mol. The van der Waals surface area contributed by atoms with Crippen molar-refractivity contribution in [2.24, 2.45) is 0 Å². The first kappa shape index (κ1) is 14.3. The summed E-state index contributed by atoms with van der Waals surface area (Å²) in [5.74, 6) is 0.177. The van der Waals surface area contributed by atoms with Crippen LogP contribution >= 0.6 is 11.3 Å². The van der Waals surface area contributed by atoms with Gasteiger partial charge in [-0.05, 0) is 23.9 Å². The standard InChI is InChI=1S/C17H20N2OS/c1-2-8-18-9-5-10-19(12-11-18)17(20)16-13-14-6-3-4-7-15(14)21-16/h2-4,6-7,13H,1,5,8-12H2. The Labute approximate surface area is 129 Å². The molecule has 1 aliphatic rings. The Hall–Kier alpha value is -1.65. The highest BCUT2D eigenvalue weighted by Crippen LogP contribution is 2.26. The van der Waals surface area contributed by atoms with Crippen LogP contribution in [0.1, 0.15) is 16.1 Å². The van der Waals surface area contributed by atoms with Gasteiger partial charge in [-0.25, -0.2) is 0 Å². The fraction of sp³-hybridized carbons (Fsp3) is 0.353. The van der Waals surface area contributed by atoms with Crippen molar-refractivity contribution < 1.29 is 4.79 Å². The van der Waals surface area contributed by atoms with Gasteiger partial charge in [0, 0.05) is 37.4 Å². The Balaban J connectivity index is 1.73. The Morgan fingerprint density at radius 2 is 2.10 bits per heavy atom. The van der Waals surface area contributed by atoms with Crippen LogP contribution in [0.25, 0.3) is 10.1 Å². The normalized spacial score (nSPS) is 16.9. The van der Waals surface area contributed by atoms with E-state index >= 15 is 0 Å². The summed E-state index contributed by atoms with van der Waals surface area (Å²) in [5.41, 5.74) is 0. The van der Waals surface area contributed by atoms with Crippen molar-refractivity contribution >= 4 is 27.3 Å². The van der Waals surface area contributed by atoms with Gasteiger partial charge in [-0.15, -0.1) is 17.9 Å². The summed E-state index contributed by atoms with van der Waals surface area (Å²) in [6.07, 6.45) is 2.97. The van der Waals surface area contributed by atoms with Gasteiger partial charge in [-0.2, -0.15) is 0 Å². The van der Waals surface area contributed by atoms with E-state index in [0.717, 1.165) is 49.4 Å². The quantitative estimate of drug-likeness (QED) is 0.813. The monoisotopic (exact) mass is 300 g/mol. The molecule has 0 spiro atoms. The van der Waals surface area contributed by atoms with Gasteiger partial charge in [0.1, 0.15) is 0 Å². The Morgan fingerprint density at radius 3 is 2.90 bits per heavy atom. The number of fused-ring (bicyclic) bond motifs is 1. The molecule has 0 bridgehead atoms. The molecule has 4 heteroatoms. The SMILES string of the molecule is C=CCN1CCCN(C(=O)c2cc3ccccc3s2)CC1. The van der Waals surface area contributed by atoms with Crippen LogP contribution in [0, 0.1) is 0 Å². The maximum Gasteiger partial charge on any atom is 0.264 e. The second-order valence-electron chi connectivity index (χ2n) is 5.38. The van der Waals surface area contributed by atoms with E-state index in [1.165, 1.54) is 4.70 Å². The molecule has 3 rings (SSSR count). The lowest BCUT2D eigenvalue weighted by molar-refractivity contribution is 0.0767. The molecule has 1 fully saturated rings. The first-order valence-electron chi connectivity index (χ1n) is 7.39. The number of amides is 1. The maximum atomic E-state index is 12.7. The van der Waals surface area contributed by atoms with Crippen LogP contribution in [0.2, 0.25) is 0 Å². The lowest BCUT2D eigenvalue weighted by Crippen LogP contribution is -2.34. The number of thiophene rings is 1. The molecule has 0 radical (unpaired) electrons. The molecule has 21 heavy (non-hydrogen) atoms. The molecule has 2 heterocycles. The largest absolute Gasteiger partial charge is 0.337 e. The molecule has 0 N–H and O–H groups in total. The highest BCUT2D eigenvalue weighted by atomic mass is 32.1. The summed E-state index contributed by atoms with van der Waals surface area (Å²) >= 11 is 1.60. The molecule has 1 aliphatic heterocycles. The van der Waals surface area contributed by atoms with Crippen LogP contribution in [-0.2, 0) is 0 Å². The van der Waals surface area contributed by atoms with Crippen molar-refractivity contribution in [3.63, 3.8) is 0 Å². The Bertz CT molecular complexity index is 616. The van der Waals surface area contributed by atoms with Crippen LogP contribution in [0.5, 0.6) is 0 Å². The zero-order valence-corrected chi connectivity index (χ0v) is 12.9. The van der Waals surface area contributed by atoms with Gasteiger partial charge < -0.3 is 4.90 Å². The molecular formula is C17H20N2OS. The molecule has 1 saturated heterocycles. The van der Waals surface area contributed by atoms with E-state index in [-0.39, 0.29) is 5.91 Å². The van der Waals surface area contributed by atoms with Crippen molar-refractivity contribution in [2.45, 2.75) is 6.42 Å². The van der Waals surface area contributed by atoms with Crippen LogP contribution in [0.3, 0.4) is 0 Å². The number of nitrogens with zero attached hydrogens (tertiary/aromatic N) is 2. The van der Waals surface area contributed by atoms with Crippen LogP contribution in [0.15, 0.2) is 43.0 Å². The minimum atomic E-state index is 0.177. The number of carbonyl (C=O) groups is 1. The van der Waals surface area contributed by atoms with Crippen LogP contribution in [0.4, 0.5) is 0 Å². The second kappa shape index (κ2) is 6.41. The lowest BCUT2D eigenvalue weighted by atomic mass is 10.2. The van der Waals surface area contributed by atoms with Gasteiger partial charge in [0.2, 0.25) is 0 Å². The number of carbonyl (C=O) groups excluding carboxylic acids is 1. The van der Waals surface area contributed by atoms with Crippen LogP contribution in [-0.4, -0.2) is 48.4 Å². The Morgan fingerprint density at radius 1 is 1.24 bits per heavy atom. The summed E-state index contributed by atoms with van der Waals surface area (Å²) in [6.45, 7) is 8.33. The van der Waals surface area contributed by atoms with Gasteiger partial charge in [0.15, 0.2) is 0 Å². The molecule has 2 aromatic rings. The van der Waals surface area contributed by atoms with E-state index in [2.05, 4.69) is 23.6 Å². The third-order valence-electron chi connectivity index (χ3n) is 3.90. The zero-order valence-electron chi connectivity index (χ0n) is 12.1. The number of hydrogen-bond donors (Lipinski definition) is 0. The van der Waals surface area contributed by atoms with E-state index in [1.54, 1.807) is 11.3 Å². The molecule has 0 aliphatic carbocycles. The van der Waals surface area contributed by atoms with Gasteiger partial charge in [-0.3, -0.25) is 9.69 Å². The lowest BCUT2D eigenvalue weighted by Gasteiger charge is -2.20. The number of rotatable bonds is 3. The smallest absolute Gasteiger partial charge is 0.264 e.